The van der Waals surface area contributed by atoms with E-state index in [2.05, 4.69) is 19.9 Å². The van der Waals surface area contributed by atoms with Crippen molar-refractivity contribution in [2.45, 2.75) is 58.0 Å². The summed E-state index contributed by atoms with van der Waals surface area (Å²) in [5, 5.41) is 19.9. The van der Waals surface area contributed by atoms with Gasteiger partial charge < -0.3 is 5.11 Å². The molecule has 0 heterocycles. The highest BCUT2D eigenvalue weighted by Gasteiger charge is 2.59. The van der Waals surface area contributed by atoms with E-state index >= 15 is 0 Å². The van der Waals surface area contributed by atoms with Crippen molar-refractivity contribution in [2.75, 3.05) is 0 Å². The lowest BCUT2D eigenvalue weighted by molar-refractivity contribution is -0.140. The Kier molecular flexibility index (Phi) is 2.55. The largest absolute Gasteiger partial charge is 0.388 e. The van der Waals surface area contributed by atoms with E-state index < -0.39 is 11.0 Å². The van der Waals surface area contributed by atoms with Crippen LogP contribution < -0.4 is 0 Å². The molecule has 2 atom stereocenters. The van der Waals surface area contributed by atoms with Gasteiger partial charge in [-0.3, -0.25) is 0 Å². The van der Waals surface area contributed by atoms with Gasteiger partial charge in [0.15, 0.2) is 0 Å². The summed E-state index contributed by atoms with van der Waals surface area (Å²) in [6.45, 7) is 4.34. The fraction of sp³-hybridized carbons (Fsp3) is 0.923. The number of rotatable bonds is 2. The van der Waals surface area contributed by atoms with Crippen LogP contribution in [-0.4, -0.2) is 10.7 Å². The minimum absolute atomic E-state index is 0.416. The average Bonchev–Trinajstić information content (AvgIpc) is 2.60. The summed E-state index contributed by atoms with van der Waals surface area (Å²) in [7, 11) is 0. The van der Waals surface area contributed by atoms with E-state index in [1.54, 1.807) is 0 Å². The van der Waals surface area contributed by atoms with Crippen LogP contribution in [0.2, 0.25) is 0 Å². The number of nitrogens with zero attached hydrogens (tertiary/aromatic N) is 1. The van der Waals surface area contributed by atoms with Crippen LogP contribution in [0.15, 0.2) is 0 Å². The lowest BCUT2D eigenvalue weighted by Gasteiger charge is -2.50. The molecule has 2 heteroatoms. The molecule has 0 aromatic carbocycles. The van der Waals surface area contributed by atoms with E-state index in [-0.39, 0.29) is 0 Å². The molecule has 0 aromatic rings. The molecule has 15 heavy (non-hydrogen) atoms. The van der Waals surface area contributed by atoms with E-state index in [1.165, 1.54) is 0 Å². The minimum Gasteiger partial charge on any atom is -0.388 e. The fourth-order valence-electron chi connectivity index (χ4n) is 3.61. The Labute approximate surface area is 92.3 Å². The van der Waals surface area contributed by atoms with Crippen molar-refractivity contribution in [1.29, 1.82) is 5.26 Å². The zero-order valence-corrected chi connectivity index (χ0v) is 9.79. The molecule has 1 N–H and O–H groups in total. The predicted octanol–water partition coefficient (Wildman–Crippen LogP) is 2.87. The third-order valence-electron chi connectivity index (χ3n) is 4.67. The van der Waals surface area contributed by atoms with Gasteiger partial charge in [0.05, 0.1) is 17.1 Å². The monoisotopic (exact) mass is 207 g/mol. The highest BCUT2D eigenvalue weighted by atomic mass is 16.3. The summed E-state index contributed by atoms with van der Waals surface area (Å²) in [5.41, 5.74) is -1.08. The van der Waals surface area contributed by atoms with Crippen LogP contribution in [0.5, 0.6) is 0 Å². The first-order valence-electron chi connectivity index (χ1n) is 6.19. The van der Waals surface area contributed by atoms with E-state index in [9.17, 15) is 10.4 Å². The van der Waals surface area contributed by atoms with Crippen molar-refractivity contribution in [2.24, 2.45) is 17.3 Å². The highest BCUT2D eigenvalue weighted by Crippen LogP contribution is 2.58. The van der Waals surface area contributed by atoms with Crippen LogP contribution in [0.25, 0.3) is 0 Å². The lowest BCUT2D eigenvalue weighted by atomic mass is 9.57. The molecular formula is C13H21NO. The third kappa shape index (κ3) is 1.49. The Hall–Kier alpha value is -0.550. The Morgan fingerprint density at radius 2 is 2.07 bits per heavy atom. The van der Waals surface area contributed by atoms with Gasteiger partial charge in [0.25, 0.3) is 0 Å². The van der Waals surface area contributed by atoms with Crippen molar-refractivity contribution >= 4 is 0 Å². The summed E-state index contributed by atoms with van der Waals surface area (Å²) < 4.78 is 0. The summed E-state index contributed by atoms with van der Waals surface area (Å²) in [4.78, 5) is 0. The van der Waals surface area contributed by atoms with Gasteiger partial charge in [-0.1, -0.05) is 20.3 Å². The van der Waals surface area contributed by atoms with Crippen molar-refractivity contribution in [3.63, 3.8) is 0 Å². The minimum atomic E-state index is -0.662. The lowest BCUT2D eigenvalue weighted by Crippen LogP contribution is -2.55. The molecule has 2 fully saturated rings. The molecule has 2 saturated carbocycles. The first kappa shape index (κ1) is 11.0. The fourth-order valence-corrected chi connectivity index (χ4v) is 3.61. The van der Waals surface area contributed by atoms with Crippen LogP contribution in [0.3, 0.4) is 0 Å². The molecule has 2 aliphatic rings. The Morgan fingerprint density at radius 1 is 1.40 bits per heavy atom. The molecule has 0 aliphatic heterocycles. The molecule has 0 amide bonds. The molecule has 0 saturated heterocycles. The number of hydrogen-bond acceptors (Lipinski definition) is 2. The van der Waals surface area contributed by atoms with Gasteiger partial charge in [-0.05, 0) is 43.9 Å². The quantitative estimate of drug-likeness (QED) is 0.756. The molecule has 0 aromatic heterocycles. The van der Waals surface area contributed by atoms with Crippen molar-refractivity contribution < 1.29 is 5.11 Å². The van der Waals surface area contributed by atoms with E-state index in [0.717, 1.165) is 38.5 Å². The Bertz CT molecular complexity index is 287. The smallest absolute Gasteiger partial charge is 0.0863 e. The second-order valence-electron chi connectivity index (χ2n) is 5.76. The van der Waals surface area contributed by atoms with E-state index in [4.69, 9.17) is 0 Å². The van der Waals surface area contributed by atoms with Crippen molar-refractivity contribution in [1.82, 2.24) is 0 Å². The zero-order valence-electron chi connectivity index (χ0n) is 9.79. The normalized spacial score (nSPS) is 49.7. The summed E-state index contributed by atoms with van der Waals surface area (Å²) in [6, 6.07) is 2.45. The van der Waals surface area contributed by atoms with Crippen LogP contribution >= 0.6 is 0 Å². The molecule has 2 unspecified atom stereocenters. The molecule has 84 valence electrons. The van der Waals surface area contributed by atoms with Crippen molar-refractivity contribution in [3.05, 3.63) is 0 Å². The number of hydrogen-bond donors (Lipinski definition) is 1. The average molecular weight is 207 g/mol. The summed E-state index contributed by atoms with van der Waals surface area (Å²) >= 11 is 0. The standard InChI is InChI=1S/C13H21NO/c1-3-11-4-5-12(8-11,9-14)13(15)6-10(2)7-13/h10-11,15H,3-8H2,1-2H3. The maximum absolute atomic E-state index is 10.5. The van der Waals surface area contributed by atoms with Gasteiger partial charge in [-0.2, -0.15) is 5.26 Å². The molecular weight excluding hydrogens is 186 g/mol. The maximum Gasteiger partial charge on any atom is 0.0863 e. The van der Waals surface area contributed by atoms with Crippen LogP contribution in [0.4, 0.5) is 0 Å². The first-order chi connectivity index (χ1) is 7.05. The molecule has 0 spiro atoms. The van der Waals surface area contributed by atoms with Gasteiger partial charge in [-0.15, -0.1) is 0 Å². The SMILES string of the molecule is CCC1CCC(C#N)(C2(O)CC(C)C2)C1. The highest BCUT2D eigenvalue weighted by molar-refractivity contribution is 5.18. The van der Waals surface area contributed by atoms with E-state index in [0.29, 0.717) is 11.8 Å². The molecule has 2 rings (SSSR count). The summed E-state index contributed by atoms with van der Waals surface area (Å²) in [6.07, 6.45) is 5.76. The van der Waals surface area contributed by atoms with Crippen molar-refractivity contribution in [3.8, 4) is 6.07 Å². The van der Waals surface area contributed by atoms with E-state index in [1.807, 2.05) is 0 Å². The Balaban J connectivity index is 2.14. The molecule has 0 radical (unpaired) electrons. The predicted molar refractivity (Wildman–Crippen MR) is 59.0 cm³/mol. The Morgan fingerprint density at radius 3 is 2.47 bits per heavy atom. The van der Waals surface area contributed by atoms with Gasteiger partial charge in [0, 0.05) is 0 Å². The second-order valence-corrected chi connectivity index (χ2v) is 5.76. The molecule has 0 bridgehead atoms. The summed E-state index contributed by atoms with van der Waals surface area (Å²) in [5.74, 6) is 1.26. The van der Waals surface area contributed by atoms with Gasteiger partial charge >= 0.3 is 0 Å². The molecule has 2 nitrogen and oxygen atoms in total. The van der Waals surface area contributed by atoms with Crippen LogP contribution in [0, 0.1) is 28.6 Å². The third-order valence-corrected chi connectivity index (χ3v) is 4.67. The first-order valence-corrected chi connectivity index (χ1v) is 6.19. The topological polar surface area (TPSA) is 44.0 Å². The molecule has 2 aliphatic carbocycles. The van der Waals surface area contributed by atoms with Gasteiger partial charge in [0.1, 0.15) is 0 Å². The van der Waals surface area contributed by atoms with Crippen LogP contribution in [0.1, 0.15) is 52.4 Å². The number of aliphatic hydroxyl groups is 1. The second kappa shape index (κ2) is 3.49. The zero-order chi connectivity index (χ0) is 11.1. The van der Waals surface area contributed by atoms with Crippen LogP contribution in [-0.2, 0) is 0 Å². The van der Waals surface area contributed by atoms with Gasteiger partial charge in [-0.25, -0.2) is 0 Å². The van der Waals surface area contributed by atoms with Gasteiger partial charge in [0.2, 0.25) is 0 Å². The maximum atomic E-state index is 10.5. The number of nitriles is 1.